The summed E-state index contributed by atoms with van der Waals surface area (Å²) in [7, 11) is 0. The van der Waals surface area contributed by atoms with Crippen molar-refractivity contribution in [3.63, 3.8) is 0 Å². The Morgan fingerprint density at radius 3 is 2.78 bits per heavy atom. The van der Waals surface area contributed by atoms with Crippen LogP contribution in [0.25, 0.3) is 10.1 Å². The first kappa shape index (κ1) is 12.2. The Hall–Kier alpha value is -0.900. The molecule has 3 heteroatoms. The first-order chi connectivity index (χ1) is 8.83. The van der Waals surface area contributed by atoms with Gasteiger partial charge in [0.15, 0.2) is 0 Å². The molecular weight excluding hydrogens is 242 g/mol. The second kappa shape index (κ2) is 5.39. The summed E-state index contributed by atoms with van der Waals surface area (Å²) < 4.78 is 7.38. The Morgan fingerprint density at radius 2 is 1.94 bits per heavy atom. The Bertz CT molecular complexity index is 514. The van der Waals surface area contributed by atoms with E-state index in [-0.39, 0.29) is 0 Å². The van der Waals surface area contributed by atoms with Crippen LogP contribution in [-0.2, 0) is 11.3 Å². The van der Waals surface area contributed by atoms with Crippen LogP contribution in [0.5, 0.6) is 0 Å². The fourth-order valence-corrected chi connectivity index (χ4v) is 3.55. The molecule has 2 N–H and O–H groups in total. The molecule has 0 radical (unpaired) electrons. The summed E-state index contributed by atoms with van der Waals surface area (Å²) >= 11 is 1.80. The normalized spacial score (nSPS) is 24.5. The minimum atomic E-state index is 0.395. The Labute approximate surface area is 112 Å². The van der Waals surface area contributed by atoms with E-state index in [4.69, 9.17) is 10.5 Å². The van der Waals surface area contributed by atoms with Crippen LogP contribution in [0.15, 0.2) is 29.6 Å². The van der Waals surface area contributed by atoms with Crippen LogP contribution < -0.4 is 5.73 Å². The minimum absolute atomic E-state index is 0.395. The number of fused-ring (bicyclic) bond motifs is 1. The first-order valence-corrected chi connectivity index (χ1v) is 7.53. The van der Waals surface area contributed by atoms with Crippen molar-refractivity contribution in [2.45, 2.75) is 44.4 Å². The zero-order valence-corrected chi connectivity index (χ0v) is 11.3. The van der Waals surface area contributed by atoms with Crippen molar-refractivity contribution in [2.24, 2.45) is 5.73 Å². The number of nitrogens with two attached hydrogens (primary N) is 1. The fourth-order valence-electron chi connectivity index (χ4n) is 2.61. The lowest BCUT2D eigenvalue weighted by Gasteiger charge is -2.26. The zero-order chi connectivity index (χ0) is 12.4. The third kappa shape index (κ3) is 2.58. The van der Waals surface area contributed by atoms with Gasteiger partial charge in [-0.1, -0.05) is 18.2 Å². The second-order valence-corrected chi connectivity index (χ2v) is 6.02. The van der Waals surface area contributed by atoms with Gasteiger partial charge in [0.25, 0.3) is 0 Å². The van der Waals surface area contributed by atoms with Crippen LogP contribution >= 0.6 is 11.3 Å². The van der Waals surface area contributed by atoms with Crippen molar-refractivity contribution in [3.8, 4) is 0 Å². The maximum Gasteiger partial charge on any atom is 0.0734 e. The van der Waals surface area contributed by atoms with Crippen LogP contribution in [-0.4, -0.2) is 12.1 Å². The molecule has 1 saturated carbocycles. The number of hydrogen-bond donors (Lipinski definition) is 1. The smallest absolute Gasteiger partial charge is 0.0734 e. The molecule has 1 fully saturated rings. The summed E-state index contributed by atoms with van der Waals surface area (Å²) in [6, 6.07) is 8.93. The summed E-state index contributed by atoms with van der Waals surface area (Å²) in [4.78, 5) is 0. The summed E-state index contributed by atoms with van der Waals surface area (Å²) in [5.74, 6) is 0. The molecule has 0 unspecified atom stereocenters. The number of ether oxygens (including phenoxy) is 1. The van der Waals surface area contributed by atoms with E-state index in [0.29, 0.717) is 12.1 Å². The largest absolute Gasteiger partial charge is 0.373 e. The lowest BCUT2D eigenvalue weighted by atomic mass is 9.94. The standard InChI is InChI=1S/C15H19NOS/c16-12-5-7-13(8-6-12)17-9-11-10-18-15-4-2-1-3-14(11)15/h1-4,10,12-13H,5-9,16H2. The monoisotopic (exact) mass is 261 g/mol. The van der Waals surface area contributed by atoms with Crippen molar-refractivity contribution in [3.05, 3.63) is 35.2 Å². The van der Waals surface area contributed by atoms with Crippen molar-refractivity contribution < 1.29 is 4.74 Å². The van der Waals surface area contributed by atoms with Crippen molar-refractivity contribution >= 4 is 21.4 Å². The number of rotatable bonds is 3. The maximum absolute atomic E-state index is 6.03. The predicted octanol–water partition coefficient (Wildman–Crippen LogP) is 3.69. The molecule has 1 aliphatic carbocycles. The highest BCUT2D eigenvalue weighted by atomic mass is 32.1. The molecule has 0 atom stereocenters. The van der Waals surface area contributed by atoms with Gasteiger partial charge in [0, 0.05) is 10.7 Å². The minimum Gasteiger partial charge on any atom is -0.373 e. The van der Waals surface area contributed by atoms with Gasteiger partial charge in [-0.2, -0.15) is 0 Å². The highest BCUT2D eigenvalue weighted by Crippen LogP contribution is 2.28. The van der Waals surface area contributed by atoms with Gasteiger partial charge >= 0.3 is 0 Å². The Morgan fingerprint density at radius 1 is 1.17 bits per heavy atom. The molecule has 2 aromatic rings. The van der Waals surface area contributed by atoms with Crippen LogP contribution in [0.1, 0.15) is 31.2 Å². The van der Waals surface area contributed by atoms with Gasteiger partial charge in [0.2, 0.25) is 0 Å². The molecule has 0 saturated heterocycles. The number of benzene rings is 1. The van der Waals surface area contributed by atoms with Crippen LogP contribution in [0.2, 0.25) is 0 Å². The van der Waals surface area contributed by atoms with E-state index < -0.39 is 0 Å². The van der Waals surface area contributed by atoms with Gasteiger partial charge in [0.05, 0.1) is 12.7 Å². The van der Waals surface area contributed by atoms with Crippen LogP contribution in [0.4, 0.5) is 0 Å². The third-order valence-electron chi connectivity index (χ3n) is 3.75. The predicted molar refractivity (Wildman–Crippen MR) is 76.8 cm³/mol. The SMILES string of the molecule is NC1CCC(OCc2csc3ccccc23)CC1. The Kier molecular flexibility index (Phi) is 3.64. The van der Waals surface area contributed by atoms with E-state index in [0.717, 1.165) is 32.3 Å². The molecule has 0 bridgehead atoms. The molecule has 0 aliphatic heterocycles. The first-order valence-electron chi connectivity index (χ1n) is 6.65. The maximum atomic E-state index is 6.03. The fraction of sp³-hybridized carbons (Fsp3) is 0.467. The molecule has 96 valence electrons. The number of hydrogen-bond acceptors (Lipinski definition) is 3. The molecule has 1 aromatic carbocycles. The van der Waals surface area contributed by atoms with Crippen molar-refractivity contribution in [1.29, 1.82) is 0 Å². The molecule has 0 spiro atoms. The van der Waals surface area contributed by atoms with Gasteiger partial charge in [-0.15, -0.1) is 11.3 Å². The molecule has 18 heavy (non-hydrogen) atoms. The summed E-state index contributed by atoms with van der Waals surface area (Å²) in [5, 5.41) is 3.56. The van der Waals surface area contributed by atoms with E-state index in [2.05, 4.69) is 29.6 Å². The molecule has 0 amide bonds. The lowest BCUT2D eigenvalue weighted by Crippen LogP contribution is -2.30. The molecular formula is C15H19NOS. The molecule has 3 rings (SSSR count). The summed E-state index contributed by atoms with van der Waals surface area (Å²) in [5.41, 5.74) is 7.23. The van der Waals surface area contributed by atoms with E-state index in [1.54, 1.807) is 11.3 Å². The summed E-state index contributed by atoms with van der Waals surface area (Å²) in [6.07, 6.45) is 4.85. The molecule has 1 aromatic heterocycles. The molecule has 2 nitrogen and oxygen atoms in total. The van der Waals surface area contributed by atoms with Gasteiger partial charge in [-0.25, -0.2) is 0 Å². The quantitative estimate of drug-likeness (QED) is 0.914. The summed E-state index contributed by atoms with van der Waals surface area (Å²) in [6.45, 7) is 0.740. The van der Waals surface area contributed by atoms with Crippen LogP contribution in [0, 0.1) is 0 Å². The average Bonchev–Trinajstić information content (AvgIpc) is 2.82. The van der Waals surface area contributed by atoms with Crippen molar-refractivity contribution in [1.82, 2.24) is 0 Å². The molecule has 1 heterocycles. The van der Waals surface area contributed by atoms with Gasteiger partial charge in [-0.05, 0) is 48.1 Å². The van der Waals surface area contributed by atoms with Crippen molar-refractivity contribution in [2.75, 3.05) is 0 Å². The number of thiophene rings is 1. The third-order valence-corrected chi connectivity index (χ3v) is 4.77. The van der Waals surface area contributed by atoms with Gasteiger partial charge < -0.3 is 10.5 Å². The van der Waals surface area contributed by atoms with E-state index in [1.165, 1.54) is 15.6 Å². The molecule has 1 aliphatic rings. The van der Waals surface area contributed by atoms with E-state index in [1.807, 2.05) is 0 Å². The lowest BCUT2D eigenvalue weighted by molar-refractivity contribution is 0.0145. The highest BCUT2D eigenvalue weighted by molar-refractivity contribution is 7.17. The average molecular weight is 261 g/mol. The van der Waals surface area contributed by atoms with Crippen LogP contribution in [0.3, 0.4) is 0 Å². The Balaban J connectivity index is 1.63. The van der Waals surface area contributed by atoms with E-state index in [9.17, 15) is 0 Å². The van der Waals surface area contributed by atoms with Gasteiger partial charge in [0.1, 0.15) is 0 Å². The second-order valence-electron chi connectivity index (χ2n) is 5.10. The highest BCUT2D eigenvalue weighted by Gasteiger charge is 2.19. The van der Waals surface area contributed by atoms with E-state index >= 15 is 0 Å². The van der Waals surface area contributed by atoms with Gasteiger partial charge in [-0.3, -0.25) is 0 Å². The topological polar surface area (TPSA) is 35.2 Å². The zero-order valence-electron chi connectivity index (χ0n) is 10.5.